The lowest BCUT2D eigenvalue weighted by Gasteiger charge is -2.35. The minimum Gasteiger partial charge on any atom is -0.493 e. The van der Waals surface area contributed by atoms with Gasteiger partial charge in [0.2, 0.25) is 5.75 Å². The van der Waals surface area contributed by atoms with Crippen LogP contribution in [0.1, 0.15) is 11.1 Å². The van der Waals surface area contributed by atoms with Crippen LogP contribution in [0.15, 0.2) is 53.6 Å². The van der Waals surface area contributed by atoms with E-state index in [1.165, 1.54) is 18.3 Å². The van der Waals surface area contributed by atoms with Crippen molar-refractivity contribution in [2.75, 3.05) is 57.1 Å². The highest BCUT2D eigenvalue weighted by Gasteiger charge is 2.22. The van der Waals surface area contributed by atoms with Gasteiger partial charge in [-0.3, -0.25) is 9.62 Å². The summed E-state index contributed by atoms with van der Waals surface area (Å²) in [5.41, 5.74) is 2.23. The molecule has 0 unspecified atom stereocenters. The molecule has 9 nitrogen and oxygen atoms in total. The molecule has 1 aliphatic heterocycles. The van der Waals surface area contributed by atoms with E-state index >= 15 is 0 Å². The molecule has 1 aromatic heterocycles. The molecule has 1 saturated heterocycles. The summed E-state index contributed by atoms with van der Waals surface area (Å²) >= 11 is 6.10. The molecule has 0 amide bonds. The summed E-state index contributed by atoms with van der Waals surface area (Å²) in [5.74, 6) is 2.69. The highest BCUT2D eigenvalue weighted by Crippen LogP contribution is 2.40. The number of anilines is 2. The second-order valence-corrected chi connectivity index (χ2v) is 10.8. The topological polar surface area (TPSA) is 93.2 Å². The normalized spacial score (nSPS) is 14.4. The predicted molar refractivity (Wildman–Crippen MR) is 145 cm³/mol. The molecule has 2 aromatic carbocycles. The van der Waals surface area contributed by atoms with Crippen molar-refractivity contribution in [1.29, 1.82) is 0 Å². The standard InChI is InChI=1S/C26H31ClN4O5S/c1-18-5-8-21(15-22(18)27)37(32,33)29-20-7-10-24(28-16-20)31-13-11-30(12-14-31)17-19-6-9-23(34-2)26(36-4)25(19)35-3/h5-10,15-16,29H,11-14,17H2,1-4H3. The van der Waals surface area contributed by atoms with Crippen molar-refractivity contribution in [1.82, 2.24) is 9.88 Å². The first-order valence-corrected chi connectivity index (χ1v) is 13.6. The third-order valence-electron chi connectivity index (χ3n) is 6.33. The fourth-order valence-corrected chi connectivity index (χ4v) is 5.57. The van der Waals surface area contributed by atoms with Gasteiger partial charge in [-0.05, 0) is 42.8 Å². The Morgan fingerprint density at radius 1 is 0.946 bits per heavy atom. The Hall–Kier alpha value is -3.21. The number of nitrogens with zero attached hydrogens (tertiary/aromatic N) is 3. The van der Waals surface area contributed by atoms with Crippen molar-refractivity contribution < 1.29 is 22.6 Å². The van der Waals surface area contributed by atoms with E-state index in [1.807, 2.05) is 25.1 Å². The Bertz CT molecular complexity index is 1340. The predicted octanol–water partition coefficient (Wildman–Crippen LogP) is 4.19. The number of sulfonamides is 1. The van der Waals surface area contributed by atoms with Gasteiger partial charge in [-0.1, -0.05) is 23.7 Å². The number of pyridine rings is 1. The summed E-state index contributed by atoms with van der Waals surface area (Å²) in [6.07, 6.45) is 1.53. The largest absolute Gasteiger partial charge is 0.493 e. The Morgan fingerprint density at radius 2 is 1.68 bits per heavy atom. The van der Waals surface area contributed by atoms with Crippen molar-refractivity contribution >= 4 is 33.1 Å². The lowest BCUT2D eigenvalue weighted by atomic mass is 10.1. The quantitative estimate of drug-likeness (QED) is 0.427. The van der Waals surface area contributed by atoms with Crippen LogP contribution in [-0.4, -0.2) is 65.8 Å². The molecule has 1 aliphatic rings. The summed E-state index contributed by atoms with van der Waals surface area (Å²) in [6, 6.07) is 12.1. The number of benzene rings is 2. The molecule has 11 heteroatoms. The summed E-state index contributed by atoms with van der Waals surface area (Å²) < 4.78 is 44.5. The summed E-state index contributed by atoms with van der Waals surface area (Å²) in [6.45, 7) is 5.78. The van der Waals surface area contributed by atoms with E-state index in [2.05, 4.69) is 19.5 Å². The molecule has 0 spiro atoms. The maximum atomic E-state index is 12.7. The summed E-state index contributed by atoms with van der Waals surface area (Å²) in [5, 5.41) is 0.403. The zero-order valence-electron chi connectivity index (χ0n) is 21.3. The van der Waals surface area contributed by atoms with E-state index in [0.717, 1.165) is 43.1 Å². The minimum absolute atomic E-state index is 0.106. The second kappa shape index (κ2) is 11.5. The molecule has 0 atom stereocenters. The molecular formula is C26H31ClN4O5S. The molecule has 0 radical (unpaired) electrons. The molecule has 37 heavy (non-hydrogen) atoms. The van der Waals surface area contributed by atoms with E-state index in [4.69, 9.17) is 25.8 Å². The van der Waals surface area contributed by atoms with Gasteiger partial charge in [0.25, 0.3) is 10.0 Å². The van der Waals surface area contributed by atoms with E-state index in [1.54, 1.807) is 33.5 Å². The molecular weight excluding hydrogens is 516 g/mol. The first-order chi connectivity index (χ1) is 17.7. The maximum absolute atomic E-state index is 12.7. The van der Waals surface area contributed by atoms with Crippen LogP contribution in [0.5, 0.6) is 17.2 Å². The van der Waals surface area contributed by atoms with Crippen molar-refractivity contribution in [2.24, 2.45) is 0 Å². The fraction of sp³-hybridized carbons (Fsp3) is 0.346. The number of hydrogen-bond acceptors (Lipinski definition) is 8. The minimum atomic E-state index is -3.76. The fourth-order valence-electron chi connectivity index (χ4n) is 4.25. The smallest absolute Gasteiger partial charge is 0.261 e. The van der Waals surface area contributed by atoms with Crippen molar-refractivity contribution in [3.63, 3.8) is 0 Å². The SMILES string of the molecule is COc1ccc(CN2CCN(c3ccc(NS(=O)(=O)c4ccc(C)c(Cl)c4)cn3)CC2)c(OC)c1OC. The maximum Gasteiger partial charge on any atom is 0.261 e. The van der Waals surface area contributed by atoms with Gasteiger partial charge in [-0.25, -0.2) is 13.4 Å². The van der Waals surface area contributed by atoms with Crippen LogP contribution in [-0.2, 0) is 16.6 Å². The summed E-state index contributed by atoms with van der Waals surface area (Å²) in [7, 11) is 1.07. The van der Waals surface area contributed by atoms with Gasteiger partial charge in [0.1, 0.15) is 5.82 Å². The zero-order valence-corrected chi connectivity index (χ0v) is 22.9. The van der Waals surface area contributed by atoms with E-state index in [9.17, 15) is 8.42 Å². The number of piperazine rings is 1. The van der Waals surface area contributed by atoms with Gasteiger partial charge in [-0.15, -0.1) is 0 Å². The Balaban J connectivity index is 1.37. The lowest BCUT2D eigenvalue weighted by Crippen LogP contribution is -2.46. The zero-order chi connectivity index (χ0) is 26.6. The first kappa shape index (κ1) is 26.8. The van der Waals surface area contributed by atoms with Crippen LogP contribution in [0.3, 0.4) is 0 Å². The molecule has 4 rings (SSSR count). The molecule has 198 valence electrons. The average molecular weight is 547 g/mol. The Labute approximate surface area is 223 Å². The van der Waals surface area contributed by atoms with E-state index < -0.39 is 10.0 Å². The average Bonchev–Trinajstić information content (AvgIpc) is 2.90. The van der Waals surface area contributed by atoms with E-state index in [0.29, 0.717) is 34.5 Å². The van der Waals surface area contributed by atoms with Crippen LogP contribution in [0.4, 0.5) is 11.5 Å². The highest BCUT2D eigenvalue weighted by atomic mass is 35.5. The number of halogens is 1. The summed E-state index contributed by atoms with van der Waals surface area (Å²) in [4.78, 5) is 9.12. The molecule has 0 saturated carbocycles. The van der Waals surface area contributed by atoms with Crippen LogP contribution in [0.2, 0.25) is 5.02 Å². The highest BCUT2D eigenvalue weighted by molar-refractivity contribution is 7.92. The molecule has 0 bridgehead atoms. The first-order valence-electron chi connectivity index (χ1n) is 11.8. The monoisotopic (exact) mass is 546 g/mol. The number of hydrogen-bond donors (Lipinski definition) is 1. The van der Waals surface area contributed by atoms with Crippen LogP contribution in [0, 0.1) is 6.92 Å². The molecule has 3 aromatic rings. The number of aryl methyl sites for hydroxylation is 1. The number of methoxy groups -OCH3 is 3. The third-order valence-corrected chi connectivity index (χ3v) is 8.12. The number of rotatable bonds is 9. The lowest BCUT2D eigenvalue weighted by molar-refractivity contribution is 0.243. The van der Waals surface area contributed by atoms with Crippen molar-refractivity contribution in [3.05, 3.63) is 64.8 Å². The van der Waals surface area contributed by atoms with Gasteiger partial charge in [0, 0.05) is 43.3 Å². The van der Waals surface area contributed by atoms with Gasteiger partial charge in [0.05, 0.1) is 38.1 Å². The van der Waals surface area contributed by atoms with Gasteiger partial charge in [0.15, 0.2) is 11.5 Å². The van der Waals surface area contributed by atoms with Crippen LogP contribution in [0.25, 0.3) is 0 Å². The van der Waals surface area contributed by atoms with E-state index in [-0.39, 0.29) is 4.90 Å². The van der Waals surface area contributed by atoms with Gasteiger partial charge < -0.3 is 19.1 Å². The molecule has 0 aliphatic carbocycles. The number of aromatic nitrogens is 1. The molecule has 2 heterocycles. The Morgan fingerprint density at radius 3 is 2.27 bits per heavy atom. The van der Waals surface area contributed by atoms with Crippen molar-refractivity contribution in [3.8, 4) is 17.2 Å². The van der Waals surface area contributed by atoms with Gasteiger partial charge in [-0.2, -0.15) is 0 Å². The Kier molecular flexibility index (Phi) is 8.31. The molecule has 1 N–H and O–H groups in total. The van der Waals surface area contributed by atoms with Crippen LogP contribution < -0.4 is 23.8 Å². The second-order valence-electron chi connectivity index (χ2n) is 8.68. The van der Waals surface area contributed by atoms with Crippen molar-refractivity contribution in [2.45, 2.75) is 18.4 Å². The number of ether oxygens (including phenoxy) is 3. The van der Waals surface area contributed by atoms with Crippen LogP contribution >= 0.6 is 11.6 Å². The third kappa shape index (κ3) is 6.03. The van der Waals surface area contributed by atoms with Gasteiger partial charge >= 0.3 is 0 Å². The molecule has 1 fully saturated rings. The number of nitrogens with one attached hydrogen (secondary N) is 1.